The Kier molecular flexibility index (Phi) is 5.03. The first kappa shape index (κ1) is 22.4. The lowest BCUT2D eigenvalue weighted by Crippen LogP contribution is -1.93. The first-order valence-electron chi connectivity index (χ1n) is 15.6. The van der Waals surface area contributed by atoms with Crippen molar-refractivity contribution in [2.75, 3.05) is 0 Å². The quantitative estimate of drug-likeness (QED) is 0.187. The fourth-order valence-corrected chi connectivity index (χ4v) is 7.97. The van der Waals surface area contributed by atoms with E-state index in [0.29, 0.717) is 12.1 Å². The normalized spacial score (nSPS) is 12.4. The van der Waals surface area contributed by atoms with Crippen LogP contribution in [0.25, 0.3) is 85.9 Å². The lowest BCUT2D eigenvalue weighted by atomic mass is 9.83. The van der Waals surface area contributed by atoms with Gasteiger partial charge in [-0.1, -0.05) is 140 Å². The van der Waals surface area contributed by atoms with Crippen LogP contribution in [0.4, 0.5) is 0 Å². The minimum atomic E-state index is 0.528. The summed E-state index contributed by atoms with van der Waals surface area (Å²) >= 11 is 1.71. The third-order valence-corrected chi connectivity index (χ3v) is 9.82. The monoisotopic (exact) mass is 564 g/mol. The Balaban J connectivity index is 1.38. The van der Waals surface area contributed by atoms with Crippen molar-refractivity contribution in [3.05, 3.63) is 158 Å². The highest BCUT2D eigenvalue weighted by atomic mass is 32.1. The van der Waals surface area contributed by atoms with Crippen LogP contribution in [0.2, 0.25) is 0 Å². The molecule has 0 bridgehead atoms. The first-order chi connectivity index (χ1) is 22.2. The Labute approximate surface area is 256 Å². The summed E-state index contributed by atoms with van der Waals surface area (Å²) in [6.45, 7) is 0. The van der Waals surface area contributed by atoms with Crippen molar-refractivity contribution in [2.45, 2.75) is 0 Å². The summed E-state index contributed by atoms with van der Waals surface area (Å²) < 4.78 is 18.9. The van der Waals surface area contributed by atoms with Crippen molar-refractivity contribution < 1.29 is 2.74 Å². The van der Waals surface area contributed by atoms with Crippen molar-refractivity contribution in [1.29, 1.82) is 0 Å². The summed E-state index contributed by atoms with van der Waals surface area (Å²) in [5, 5.41) is 9.46. The van der Waals surface area contributed by atoms with Crippen molar-refractivity contribution in [3.8, 4) is 33.4 Å². The number of hydrogen-bond acceptors (Lipinski definition) is 1. The molecular formula is C42H26S. The summed E-state index contributed by atoms with van der Waals surface area (Å²) in [6.07, 6.45) is 0. The molecule has 200 valence electrons. The van der Waals surface area contributed by atoms with Gasteiger partial charge in [-0.05, 0) is 83.9 Å². The zero-order chi connectivity index (χ0) is 30.1. The van der Waals surface area contributed by atoms with Crippen LogP contribution in [0.5, 0.6) is 0 Å². The summed E-state index contributed by atoms with van der Waals surface area (Å²) in [4.78, 5) is 0. The Morgan fingerprint density at radius 1 is 0.419 bits per heavy atom. The van der Waals surface area contributed by atoms with Crippen LogP contribution in [-0.4, -0.2) is 0 Å². The zero-order valence-electron chi connectivity index (χ0n) is 25.3. The molecule has 9 aromatic rings. The van der Waals surface area contributed by atoms with Crippen molar-refractivity contribution in [2.24, 2.45) is 0 Å². The van der Waals surface area contributed by atoms with E-state index in [0.717, 1.165) is 26.4 Å². The number of fused-ring (bicyclic) bond motifs is 6. The highest BCUT2D eigenvalue weighted by Gasteiger charge is 2.20. The molecule has 0 radical (unpaired) electrons. The predicted molar refractivity (Wildman–Crippen MR) is 188 cm³/mol. The molecule has 0 unspecified atom stereocenters. The second-order valence-electron chi connectivity index (χ2n) is 11.1. The molecule has 0 aliphatic heterocycles. The van der Waals surface area contributed by atoms with E-state index in [1.165, 1.54) is 59.4 Å². The first-order valence-corrected chi connectivity index (χ1v) is 15.4. The minimum Gasteiger partial charge on any atom is -0.135 e. The topological polar surface area (TPSA) is 0 Å². The van der Waals surface area contributed by atoms with Gasteiger partial charge in [0.2, 0.25) is 0 Å². The van der Waals surface area contributed by atoms with Crippen LogP contribution >= 0.6 is 11.3 Å². The van der Waals surface area contributed by atoms with E-state index in [2.05, 4.69) is 115 Å². The molecule has 0 spiro atoms. The van der Waals surface area contributed by atoms with Crippen LogP contribution in [0, 0.1) is 0 Å². The molecule has 1 heteroatoms. The maximum absolute atomic E-state index is 8.60. The number of benzene rings is 8. The van der Waals surface area contributed by atoms with Gasteiger partial charge in [-0.15, -0.1) is 11.3 Å². The van der Waals surface area contributed by atoms with Crippen LogP contribution in [0.1, 0.15) is 2.74 Å². The highest BCUT2D eigenvalue weighted by molar-refractivity contribution is 7.25. The van der Waals surface area contributed by atoms with E-state index in [4.69, 9.17) is 2.74 Å². The second kappa shape index (κ2) is 9.66. The average Bonchev–Trinajstić information content (AvgIpc) is 3.47. The average molecular weight is 565 g/mol. The number of hydrogen-bond donors (Lipinski definition) is 0. The predicted octanol–water partition coefficient (Wildman–Crippen LogP) is 12.5. The molecular weight excluding hydrogens is 537 g/mol. The molecule has 0 saturated carbocycles. The number of thiophene rings is 1. The largest absolute Gasteiger partial charge is 0.135 e. The van der Waals surface area contributed by atoms with Crippen LogP contribution < -0.4 is 0 Å². The molecule has 0 saturated heterocycles. The lowest BCUT2D eigenvalue weighted by Gasteiger charge is -2.20. The van der Waals surface area contributed by atoms with Crippen LogP contribution in [0.15, 0.2) is 158 Å². The van der Waals surface area contributed by atoms with Crippen LogP contribution in [0.3, 0.4) is 0 Å². The maximum atomic E-state index is 8.60. The molecule has 43 heavy (non-hydrogen) atoms. The third-order valence-electron chi connectivity index (χ3n) is 8.72. The molecule has 0 fully saturated rings. The summed E-state index contributed by atoms with van der Waals surface area (Å²) in [5.74, 6) is 0. The van der Waals surface area contributed by atoms with Crippen molar-refractivity contribution in [3.63, 3.8) is 0 Å². The smallest absolute Gasteiger partial charge is 0.0638 e. The minimum absolute atomic E-state index is 0.528. The van der Waals surface area contributed by atoms with Crippen molar-refractivity contribution in [1.82, 2.24) is 0 Å². The molecule has 8 aromatic carbocycles. The standard InChI is InChI=1S/C42H26S/c1-2-13-28-26-29(25-24-27(28)12-1)30-14-3-4-15-31(30)40-32-16-5-7-18-34(32)41(35-19-8-6-17-33(35)40)37-21-11-23-39-42(37)36-20-9-10-22-38(36)43-39/h1-26H/i1D,22D. The maximum Gasteiger partial charge on any atom is 0.0638 e. The van der Waals surface area contributed by atoms with Gasteiger partial charge in [0.1, 0.15) is 0 Å². The Morgan fingerprint density at radius 3 is 1.81 bits per heavy atom. The summed E-state index contributed by atoms with van der Waals surface area (Å²) in [7, 11) is 0. The Bertz CT molecular complexity index is 2570. The van der Waals surface area contributed by atoms with Gasteiger partial charge in [0.25, 0.3) is 0 Å². The Morgan fingerprint density at radius 2 is 1.05 bits per heavy atom. The molecule has 0 aliphatic rings. The molecule has 0 amide bonds. The van der Waals surface area contributed by atoms with E-state index in [-0.39, 0.29) is 0 Å². The lowest BCUT2D eigenvalue weighted by molar-refractivity contribution is 1.62. The van der Waals surface area contributed by atoms with Gasteiger partial charge in [-0.2, -0.15) is 0 Å². The summed E-state index contributed by atoms with van der Waals surface area (Å²) in [5.41, 5.74) is 7.23. The SMILES string of the molecule is [2H]c1ccc2cc(-c3ccccc3-c3c4ccccc4c(-c4cccc5sc6c([2H])cccc6c45)c4ccccc34)ccc2c1. The van der Waals surface area contributed by atoms with Gasteiger partial charge in [0, 0.05) is 20.2 Å². The second-order valence-corrected chi connectivity index (χ2v) is 12.1. The molecule has 9 rings (SSSR count). The Hall–Kier alpha value is -5.24. The van der Waals surface area contributed by atoms with Gasteiger partial charge in [0.05, 0.1) is 2.74 Å². The van der Waals surface area contributed by atoms with Crippen LogP contribution in [-0.2, 0) is 0 Å². The van der Waals surface area contributed by atoms with Gasteiger partial charge in [-0.25, -0.2) is 0 Å². The molecule has 0 aliphatic carbocycles. The molecule has 0 atom stereocenters. The van der Waals surface area contributed by atoms with Gasteiger partial charge in [-0.3, -0.25) is 0 Å². The molecule has 0 nitrogen and oxygen atoms in total. The van der Waals surface area contributed by atoms with Gasteiger partial charge < -0.3 is 0 Å². The van der Waals surface area contributed by atoms with E-state index in [1.54, 1.807) is 11.3 Å². The zero-order valence-corrected chi connectivity index (χ0v) is 24.1. The fraction of sp³-hybridized carbons (Fsp3) is 0. The number of rotatable bonds is 3. The van der Waals surface area contributed by atoms with Crippen molar-refractivity contribution >= 4 is 63.8 Å². The molecule has 1 heterocycles. The fourth-order valence-electron chi connectivity index (χ4n) is 6.87. The molecule has 0 N–H and O–H groups in total. The highest BCUT2D eigenvalue weighted by Crippen LogP contribution is 2.49. The van der Waals surface area contributed by atoms with E-state index < -0.39 is 0 Å². The van der Waals surface area contributed by atoms with Gasteiger partial charge in [0.15, 0.2) is 0 Å². The van der Waals surface area contributed by atoms with E-state index in [9.17, 15) is 0 Å². The summed E-state index contributed by atoms with van der Waals surface area (Å²) in [6, 6.07) is 52.5. The molecule has 1 aromatic heterocycles. The van der Waals surface area contributed by atoms with E-state index >= 15 is 0 Å². The van der Waals surface area contributed by atoms with E-state index in [1.807, 2.05) is 30.3 Å². The third kappa shape index (κ3) is 3.75. The van der Waals surface area contributed by atoms with Gasteiger partial charge >= 0.3 is 0 Å².